The van der Waals surface area contributed by atoms with Crippen LogP contribution in [0.2, 0.25) is 0 Å². The van der Waals surface area contributed by atoms with Crippen LogP contribution in [0.1, 0.15) is 25.5 Å². The van der Waals surface area contributed by atoms with Gasteiger partial charge in [-0.1, -0.05) is 6.92 Å². The van der Waals surface area contributed by atoms with Crippen LogP contribution in [0.15, 0.2) is 12.5 Å². The number of Topliss-reactive ketones (excluding diaryl/α,β-unsaturated/α-hetero) is 1. The van der Waals surface area contributed by atoms with Gasteiger partial charge in [-0.15, -0.1) is 0 Å². The van der Waals surface area contributed by atoms with Crippen LogP contribution in [0, 0.1) is 5.92 Å². The third-order valence-electron chi connectivity index (χ3n) is 3.33. The third kappa shape index (κ3) is 2.70. The van der Waals surface area contributed by atoms with E-state index in [4.69, 9.17) is 0 Å². The number of carbonyl (C=O) groups is 1. The van der Waals surface area contributed by atoms with Gasteiger partial charge >= 0.3 is 0 Å². The van der Waals surface area contributed by atoms with Crippen LogP contribution in [0.3, 0.4) is 0 Å². The lowest BCUT2D eigenvalue weighted by Crippen LogP contribution is -2.25. The molecule has 1 saturated heterocycles. The van der Waals surface area contributed by atoms with Gasteiger partial charge in [0, 0.05) is 43.7 Å². The molecule has 0 spiro atoms. The Morgan fingerprint density at radius 3 is 3.25 bits per heavy atom. The molecule has 1 aromatic heterocycles. The minimum Gasteiger partial charge on any atom is -0.348 e. The minimum absolute atomic E-state index is 0.284. The third-order valence-corrected chi connectivity index (χ3v) is 3.33. The quantitative estimate of drug-likeness (QED) is 0.814. The number of aromatic nitrogens is 2. The van der Waals surface area contributed by atoms with Gasteiger partial charge in [0.05, 0.1) is 6.33 Å². The lowest BCUT2D eigenvalue weighted by Gasteiger charge is -2.14. The van der Waals surface area contributed by atoms with Gasteiger partial charge in [0.25, 0.3) is 0 Å². The highest BCUT2D eigenvalue weighted by Crippen LogP contribution is 2.18. The lowest BCUT2D eigenvalue weighted by molar-refractivity contribution is -0.122. The molecule has 1 atom stereocenters. The summed E-state index contributed by atoms with van der Waals surface area (Å²) in [6.45, 7) is 4.98. The number of nitrogens with one attached hydrogen (secondary N) is 1. The zero-order chi connectivity index (χ0) is 11.4. The molecule has 1 aliphatic rings. The normalized spacial score (nSPS) is 21.4. The number of likely N-dealkylation sites (tertiary alicyclic amines) is 1. The number of H-pyrrole nitrogens is 1. The summed E-state index contributed by atoms with van der Waals surface area (Å²) in [5, 5.41) is 0. The number of aromatic amines is 1. The van der Waals surface area contributed by atoms with E-state index in [0.717, 1.165) is 32.5 Å². The molecule has 1 N–H and O–H groups in total. The molecule has 1 fully saturated rings. The molecule has 1 aliphatic heterocycles. The number of hydrogen-bond acceptors (Lipinski definition) is 3. The zero-order valence-electron chi connectivity index (χ0n) is 9.78. The Kier molecular flexibility index (Phi) is 3.72. The van der Waals surface area contributed by atoms with Crippen LogP contribution in [0.5, 0.6) is 0 Å². The summed E-state index contributed by atoms with van der Waals surface area (Å²) in [7, 11) is 0. The summed E-state index contributed by atoms with van der Waals surface area (Å²) in [5.41, 5.74) is 1.17. The molecule has 4 heteroatoms. The largest absolute Gasteiger partial charge is 0.348 e. The average molecular weight is 221 g/mol. The predicted molar refractivity (Wildman–Crippen MR) is 62.1 cm³/mol. The minimum atomic E-state index is 0.284. The Morgan fingerprint density at radius 1 is 1.69 bits per heavy atom. The monoisotopic (exact) mass is 221 g/mol. The van der Waals surface area contributed by atoms with E-state index in [1.54, 1.807) is 6.33 Å². The number of carbonyl (C=O) groups excluding carboxylic acids is 1. The Balaban J connectivity index is 1.75. The van der Waals surface area contributed by atoms with E-state index in [1.807, 2.05) is 13.1 Å². The van der Waals surface area contributed by atoms with Gasteiger partial charge in [-0.2, -0.15) is 0 Å². The summed E-state index contributed by atoms with van der Waals surface area (Å²) in [5.74, 6) is 0.704. The smallest absolute Gasteiger partial charge is 0.137 e. The van der Waals surface area contributed by atoms with Crippen LogP contribution < -0.4 is 0 Å². The van der Waals surface area contributed by atoms with Crippen LogP contribution >= 0.6 is 0 Å². The summed E-state index contributed by atoms with van der Waals surface area (Å²) in [6, 6.07) is 0. The Bertz CT molecular complexity index is 334. The van der Waals surface area contributed by atoms with E-state index in [-0.39, 0.29) is 5.92 Å². The van der Waals surface area contributed by atoms with Crippen molar-refractivity contribution in [1.82, 2.24) is 14.9 Å². The zero-order valence-corrected chi connectivity index (χ0v) is 9.78. The van der Waals surface area contributed by atoms with Gasteiger partial charge in [0.1, 0.15) is 5.78 Å². The van der Waals surface area contributed by atoms with Gasteiger partial charge in [0.15, 0.2) is 0 Å². The first-order valence-corrected chi connectivity index (χ1v) is 6.02. The first kappa shape index (κ1) is 11.3. The van der Waals surface area contributed by atoms with E-state index in [1.165, 1.54) is 5.69 Å². The standard InChI is InChI=1S/C12H19N3O/c1-2-12(16)10-3-5-15(8-10)6-4-11-7-13-9-14-11/h7,9-10H,2-6,8H2,1H3,(H,13,14). The summed E-state index contributed by atoms with van der Waals surface area (Å²) in [6.07, 6.45) is 6.29. The summed E-state index contributed by atoms with van der Waals surface area (Å²) >= 11 is 0. The molecule has 0 aromatic carbocycles. The Hall–Kier alpha value is -1.16. The Morgan fingerprint density at radius 2 is 2.56 bits per heavy atom. The molecule has 0 saturated carbocycles. The van der Waals surface area contributed by atoms with Crippen molar-refractivity contribution >= 4 is 5.78 Å². The number of rotatable bonds is 5. The van der Waals surface area contributed by atoms with E-state index < -0.39 is 0 Å². The number of nitrogens with zero attached hydrogens (tertiary/aromatic N) is 2. The first-order chi connectivity index (χ1) is 7.79. The maximum atomic E-state index is 11.5. The van der Waals surface area contributed by atoms with Crippen molar-refractivity contribution in [1.29, 1.82) is 0 Å². The van der Waals surface area contributed by atoms with E-state index >= 15 is 0 Å². The molecular weight excluding hydrogens is 202 g/mol. The molecule has 88 valence electrons. The van der Waals surface area contributed by atoms with Gasteiger partial charge < -0.3 is 9.88 Å². The highest BCUT2D eigenvalue weighted by Gasteiger charge is 2.26. The van der Waals surface area contributed by atoms with Crippen LogP contribution in [0.25, 0.3) is 0 Å². The van der Waals surface area contributed by atoms with E-state index in [9.17, 15) is 4.79 Å². The van der Waals surface area contributed by atoms with Crippen molar-refractivity contribution in [3.8, 4) is 0 Å². The number of hydrogen-bond donors (Lipinski definition) is 1. The molecule has 0 radical (unpaired) electrons. The number of ketones is 1. The van der Waals surface area contributed by atoms with Crippen molar-refractivity contribution in [2.75, 3.05) is 19.6 Å². The van der Waals surface area contributed by atoms with Crippen molar-refractivity contribution < 1.29 is 4.79 Å². The molecule has 1 aromatic rings. The molecule has 1 unspecified atom stereocenters. The first-order valence-electron chi connectivity index (χ1n) is 6.02. The molecule has 4 nitrogen and oxygen atoms in total. The molecule has 16 heavy (non-hydrogen) atoms. The van der Waals surface area contributed by atoms with Gasteiger partial charge in [-0.3, -0.25) is 4.79 Å². The maximum Gasteiger partial charge on any atom is 0.137 e. The van der Waals surface area contributed by atoms with Crippen LogP contribution in [-0.4, -0.2) is 40.3 Å². The summed E-state index contributed by atoms with van der Waals surface area (Å²) < 4.78 is 0. The molecule has 0 amide bonds. The predicted octanol–water partition coefficient (Wildman–Crippen LogP) is 1.25. The van der Waals surface area contributed by atoms with Crippen molar-refractivity contribution in [3.63, 3.8) is 0 Å². The Labute approximate surface area is 96.1 Å². The van der Waals surface area contributed by atoms with Crippen LogP contribution in [0.4, 0.5) is 0 Å². The highest BCUT2D eigenvalue weighted by atomic mass is 16.1. The topological polar surface area (TPSA) is 49.0 Å². The second-order valence-corrected chi connectivity index (χ2v) is 4.43. The lowest BCUT2D eigenvalue weighted by atomic mass is 10.0. The van der Waals surface area contributed by atoms with Gasteiger partial charge in [-0.05, 0) is 13.0 Å². The molecule has 2 rings (SSSR count). The fourth-order valence-corrected chi connectivity index (χ4v) is 2.29. The maximum absolute atomic E-state index is 11.5. The fraction of sp³-hybridized carbons (Fsp3) is 0.667. The summed E-state index contributed by atoms with van der Waals surface area (Å²) in [4.78, 5) is 21.0. The SMILES string of the molecule is CCC(=O)C1CCN(CCc2cnc[nH]2)C1. The van der Waals surface area contributed by atoms with Crippen LogP contribution in [-0.2, 0) is 11.2 Å². The van der Waals surface area contributed by atoms with Gasteiger partial charge in [0.2, 0.25) is 0 Å². The van der Waals surface area contributed by atoms with Gasteiger partial charge in [-0.25, -0.2) is 4.98 Å². The number of imidazole rings is 1. The highest BCUT2D eigenvalue weighted by molar-refractivity contribution is 5.81. The molecule has 0 aliphatic carbocycles. The van der Waals surface area contributed by atoms with Crippen molar-refractivity contribution in [2.45, 2.75) is 26.2 Å². The average Bonchev–Trinajstić information content (AvgIpc) is 2.96. The van der Waals surface area contributed by atoms with E-state index in [0.29, 0.717) is 12.2 Å². The van der Waals surface area contributed by atoms with E-state index in [2.05, 4.69) is 14.9 Å². The molecular formula is C12H19N3O. The molecule has 0 bridgehead atoms. The van der Waals surface area contributed by atoms with Crippen molar-refractivity contribution in [3.05, 3.63) is 18.2 Å². The second kappa shape index (κ2) is 5.25. The van der Waals surface area contributed by atoms with Crippen molar-refractivity contribution in [2.24, 2.45) is 5.92 Å². The molecule has 2 heterocycles. The fourth-order valence-electron chi connectivity index (χ4n) is 2.29. The second-order valence-electron chi connectivity index (χ2n) is 4.43.